The minimum atomic E-state index is -0.215. The third-order valence-electron chi connectivity index (χ3n) is 3.60. The SMILES string of the molecule is C#CCOc1ccc(Br)cc1/C=C1\SC(=Nc2ccc(Cl)cc2C)NC1=O. The molecule has 1 N–H and O–H groups in total. The number of amides is 1. The zero-order chi connectivity index (χ0) is 19.4. The number of benzene rings is 2. The third-order valence-corrected chi connectivity index (χ3v) is 5.24. The molecule has 1 aliphatic heterocycles. The average Bonchev–Trinajstić information content (AvgIpc) is 2.96. The third kappa shape index (κ3) is 4.95. The van der Waals surface area contributed by atoms with E-state index in [1.54, 1.807) is 18.2 Å². The Bertz CT molecular complexity index is 1010. The molecule has 2 aromatic carbocycles. The second-order valence-electron chi connectivity index (χ2n) is 5.59. The topological polar surface area (TPSA) is 50.7 Å². The van der Waals surface area contributed by atoms with E-state index in [4.69, 9.17) is 22.8 Å². The van der Waals surface area contributed by atoms with E-state index in [1.807, 2.05) is 31.2 Å². The Morgan fingerprint density at radius 2 is 2.19 bits per heavy atom. The number of carbonyl (C=O) groups is 1. The number of nitrogens with zero attached hydrogens (tertiary/aromatic N) is 1. The highest BCUT2D eigenvalue weighted by molar-refractivity contribution is 9.10. The average molecular weight is 462 g/mol. The number of halogens is 2. The minimum Gasteiger partial charge on any atom is -0.480 e. The molecular weight excluding hydrogens is 448 g/mol. The van der Waals surface area contributed by atoms with Crippen molar-refractivity contribution in [1.29, 1.82) is 0 Å². The number of carbonyl (C=O) groups excluding carboxylic acids is 1. The molecule has 4 nitrogen and oxygen atoms in total. The van der Waals surface area contributed by atoms with E-state index in [0.29, 0.717) is 20.8 Å². The summed E-state index contributed by atoms with van der Waals surface area (Å²) >= 11 is 10.7. The highest BCUT2D eigenvalue weighted by Crippen LogP contribution is 2.32. The molecule has 3 rings (SSSR count). The largest absolute Gasteiger partial charge is 0.480 e. The predicted octanol–water partition coefficient (Wildman–Crippen LogP) is 5.31. The van der Waals surface area contributed by atoms with Crippen molar-refractivity contribution in [3.05, 3.63) is 61.9 Å². The molecule has 0 bridgehead atoms. The number of nitrogens with one attached hydrogen (secondary N) is 1. The number of thioether (sulfide) groups is 1. The lowest BCUT2D eigenvalue weighted by Gasteiger charge is -2.07. The van der Waals surface area contributed by atoms with E-state index in [-0.39, 0.29) is 12.5 Å². The molecule has 27 heavy (non-hydrogen) atoms. The summed E-state index contributed by atoms with van der Waals surface area (Å²) in [6.07, 6.45) is 7.02. The molecule has 0 atom stereocenters. The Balaban J connectivity index is 1.89. The Morgan fingerprint density at radius 1 is 1.37 bits per heavy atom. The van der Waals surface area contributed by atoms with Crippen LogP contribution in [0.1, 0.15) is 11.1 Å². The number of ether oxygens (including phenoxy) is 1. The smallest absolute Gasteiger partial charge is 0.264 e. The van der Waals surface area contributed by atoms with Gasteiger partial charge in [-0.1, -0.05) is 33.5 Å². The molecule has 136 valence electrons. The Morgan fingerprint density at radius 3 is 2.93 bits per heavy atom. The molecule has 1 saturated heterocycles. The van der Waals surface area contributed by atoms with Crippen LogP contribution in [0.15, 0.2) is 50.8 Å². The number of terminal acetylenes is 1. The van der Waals surface area contributed by atoms with Crippen LogP contribution in [-0.4, -0.2) is 17.7 Å². The van der Waals surface area contributed by atoms with Crippen molar-refractivity contribution in [2.75, 3.05) is 6.61 Å². The van der Waals surface area contributed by atoms with Crippen LogP contribution in [0.5, 0.6) is 5.75 Å². The minimum absolute atomic E-state index is 0.152. The number of hydrogen-bond acceptors (Lipinski definition) is 4. The molecule has 0 spiro atoms. The maximum absolute atomic E-state index is 12.3. The standard InChI is InChI=1S/C20H14BrClN2O2S/c1-3-8-26-17-7-4-14(21)10-13(17)11-18-19(25)24-20(27-18)23-16-6-5-15(22)9-12(16)2/h1,4-7,9-11H,8H2,2H3,(H,23,24,25)/b18-11-. The summed E-state index contributed by atoms with van der Waals surface area (Å²) in [4.78, 5) is 17.4. The fourth-order valence-electron chi connectivity index (χ4n) is 2.36. The maximum Gasteiger partial charge on any atom is 0.264 e. The molecule has 0 aliphatic carbocycles. The summed E-state index contributed by atoms with van der Waals surface area (Å²) in [5.41, 5.74) is 2.43. The van der Waals surface area contributed by atoms with Gasteiger partial charge in [0.1, 0.15) is 12.4 Å². The van der Waals surface area contributed by atoms with E-state index >= 15 is 0 Å². The van der Waals surface area contributed by atoms with Crippen LogP contribution in [0, 0.1) is 19.3 Å². The molecule has 1 heterocycles. The molecule has 2 aromatic rings. The van der Waals surface area contributed by atoms with Crippen molar-refractivity contribution in [3.8, 4) is 18.1 Å². The van der Waals surface area contributed by atoms with E-state index < -0.39 is 0 Å². The fraction of sp³-hybridized carbons (Fsp3) is 0.100. The van der Waals surface area contributed by atoms with Gasteiger partial charge in [0.25, 0.3) is 5.91 Å². The maximum atomic E-state index is 12.3. The van der Waals surface area contributed by atoms with Gasteiger partial charge in [0.15, 0.2) is 5.17 Å². The Hall–Kier alpha value is -2.20. The zero-order valence-electron chi connectivity index (χ0n) is 14.3. The van der Waals surface area contributed by atoms with Gasteiger partial charge in [-0.2, -0.15) is 0 Å². The first-order chi connectivity index (χ1) is 13.0. The normalized spacial score (nSPS) is 16.4. The predicted molar refractivity (Wildman–Crippen MR) is 115 cm³/mol. The molecule has 1 fully saturated rings. The number of amidine groups is 1. The second kappa shape index (κ2) is 8.66. The van der Waals surface area contributed by atoms with Crippen LogP contribution >= 0.6 is 39.3 Å². The fourth-order valence-corrected chi connectivity index (χ4v) is 3.79. The Kier molecular flexibility index (Phi) is 6.27. The first-order valence-corrected chi connectivity index (χ1v) is 9.86. The van der Waals surface area contributed by atoms with Gasteiger partial charge >= 0.3 is 0 Å². The highest BCUT2D eigenvalue weighted by atomic mass is 79.9. The van der Waals surface area contributed by atoms with Gasteiger partial charge in [-0.15, -0.1) is 6.42 Å². The molecule has 7 heteroatoms. The van der Waals surface area contributed by atoms with Crippen molar-refractivity contribution >= 4 is 62.1 Å². The van der Waals surface area contributed by atoms with Gasteiger partial charge in [-0.25, -0.2) is 4.99 Å². The Labute approximate surface area is 175 Å². The lowest BCUT2D eigenvalue weighted by Crippen LogP contribution is -2.19. The van der Waals surface area contributed by atoms with Crippen LogP contribution < -0.4 is 10.1 Å². The molecule has 0 unspecified atom stereocenters. The van der Waals surface area contributed by atoms with Gasteiger partial charge in [0.2, 0.25) is 0 Å². The van der Waals surface area contributed by atoms with E-state index in [0.717, 1.165) is 21.3 Å². The number of aliphatic imine (C=N–C) groups is 1. The summed E-state index contributed by atoms with van der Waals surface area (Å²) in [6.45, 7) is 2.07. The van der Waals surface area contributed by atoms with Crippen molar-refractivity contribution in [1.82, 2.24) is 5.32 Å². The molecule has 0 aromatic heterocycles. The van der Waals surface area contributed by atoms with Crippen molar-refractivity contribution in [2.24, 2.45) is 4.99 Å². The van der Waals surface area contributed by atoms with E-state index in [9.17, 15) is 4.79 Å². The van der Waals surface area contributed by atoms with Crippen LogP contribution in [0.4, 0.5) is 5.69 Å². The molecule has 1 amide bonds. The van der Waals surface area contributed by atoms with Gasteiger partial charge < -0.3 is 10.1 Å². The van der Waals surface area contributed by atoms with Gasteiger partial charge in [0.05, 0.1) is 10.6 Å². The molecule has 0 saturated carbocycles. The van der Waals surface area contributed by atoms with Crippen molar-refractivity contribution in [3.63, 3.8) is 0 Å². The summed E-state index contributed by atoms with van der Waals surface area (Å²) in [5, 5.41) is 3.94. The van der Waals surface area contributed by atoms with Crippen LogP contribution in [0.2, 0.25) is 5.02 Å². The summed E-state index contributed by atoms with van der Waals surface area (Å²) in [6, 6.07) is 10.9. The van der Waals surface area contributed by atoms with E-state index in [1.165, 1.54) is 11.8 Å². The number of hydrogen-bond donors (Lipinski definition) is 1. The summed E-state index contributed by atoms with van der Waals surface area (Å²) in [7, 11) is 0. The molecular formula is C20H14BrClN2O2S. The monoisotopic (exact) mass is 460 g/mol. The van der Waals surface area contributed by atoms with Crippen molar-refractivity contribution < 1.29 is 9.53 Å². The molecule has 0 radical (unpaired) electrons. The second-order valence-corrected chi connectivity index (χ2v) is 7.97. The van der Waals surface area contributed by atoms with Crippen LogP contribution in [-0.2, 0) is 4.79 Å². The van der Waals surface area contributed by atoms with Gasteiger partial charge in [0, 0.05) is 15.1 Å². The molecule has 1 aliphatic rings. The summed E-state index contributed by atoms with van der Waals surface area (Å²) < 4.78 is 6.42. The zero-order valence-corrected chi connectivity index (χ0v) is 17.4. The number of aryl methyl sites for hydroxylation is 1. The first-order valence-electron chi connectivity index (χ1n) is 7.88. The lowest BCUT2D eigenvalue weighted by molar-refractivity contribution is -0.115. The van der Waals surface area contributed by atoms with Gasteiger partial charge in [-0.3, -0.25) is 4.79 Å². The van der Waals surface area contributed by atoms with Gasteiger partial charge in [-0.05, 0) is 66.7 Å². The van der Waals surface area contributed by atoms with Crippen LogP contribution in [0.3, 0.4) is 0 Å². The van der Waals surface area contributed by atoms with Crippen LogP contribution in [0.25, 0.3) is 6.08 Å². The highest BCUT2D eigenvalue weighted by Gasteiger charge is 2.24. The first kappa shape index (κ1) is 19.6. The number of rotatable bonds is 4. The van der Waals surface area contributed by atoms with Crippen molar-refractivity contribution in [2.45, 2.75) is 6.92 Å². The lowest BCUT2D eigenvalue weighted by atomic mass is 10.2. The quantitative estimate of drug-likeness (QED) is 0.495. The van der Waals surface area contributed by atoms with E-state index in [2.05, 4.69) is 32.2 Å². The summed E-state index contributed by atoms with van der Waals surface area (Å²) in [5.74, 6) is 2.83.